The van der Waals surface area contributed by atoms with Gasteiger partial charge in [0.1, 0.15) is 0 Å². The number of ether oxygens (including phenoxy) is 2. The van der Waals surface area contributed by atoms with E-state index in [-0.39, 0.29) is 30.7 Å². The van der Waals surface area contributed by atoms with E-state index in [2.05, 4.69) is 20.8 Å². The molecule has 9 heteroatoms. The van der Waals surface area contributed by atoms with Gasteiger partial charge in [0.05, 0.1) is 14.2 Å². The van der Waals surface area contributed by atoms with Crippen molar-refractivity contribution in [3.05, 3.63) is 53.9 Å². The summed E-state index contributed by atoms with van der Waals surface area (Å²) >= 11 is 0. The molecule has 1 aliphatic carbocycles. The number of nitrogens with one attached hydrogen (secondary N) is 2. The Labute approximate surface area is 185 Å². The van der Waals surface area contributed by atoms with E-state index in [4.69, 9.17) is 14.0 Å². The van der Waals surface area contributed by atoms with Crippen LogP contribution in [-0.2, 0) is 11.2 Å². The molecule has 2 aromatic carbocycles. The molecule has 1 aliphatic rings. The van der Waals surface area contributed by atoms with Crippen molar-refractivity contribution in [2.24, 2.45) is 0 Å². The van der Waals surface area contributed by atoms with Gasteiger partial charge in [0.25, 0.3) is 5.91 Å². The van der Waals surface area contributed by atoms with E-state index in [0.717, 1.165) is 12.8 Å². The molecule has 0 bridgehead atoms. The van der Waals surface area contributed by atoms with Gasteiger partial charge in [0, 0.05) is 35.7 Å². The van der Waals surface area contributed by atoms with Gasteiger partial charge in [0.15, 0.2) is 11.5 Å². The lowest BCUT2D eigenvalue weighted by atomic mass is 10.1. The Balaban J connectivity index is 1.33. The predicted octanol–water partition coefficient (Wildman–Crippen LogP) is 3.22. The second-order valence-corrected chi connectivity index (χ2v) is 7.46. The van der Waals surface area contributed by atoms with Gasteiger partial charge in [0.2, 0.25) is 17.6 Å². The predicted molar refractivity (Wildman–Crippen MR) is 117 cm³/mol. The van der Waals surface area contributed by atoms with Crippen molar-refractivity contribution in [2.45, 2.75) is 31.7 Å². The fraction of sp³-hybridized carbons (Fsp3) is 0.304. The third-order valence-electron chi connectivity index (χ3n) is 5.00. The number of hydrogen-bond donors (Lipinski definition) is 2. The van der Waals surface area contributed by atoms with Crippen LogP contribution in [0.3, 0.4) is 0 Å². The molecule has 0 aliphatic heterocycles. The summed E-state index contributed by atoms with van der Waals surface area (Å²) in [5.41, 5.74) is 1.80. The van der Waals surface area contributed by atoms with E-state index in [0.29, 0.717) is 40.0 Å². The van der Waals surface area contributed by atoms with Gasteiger partial charge in [-0.05, 0) is 49.2 Å². The van der Waals surface area contributed by atoms with Crippen molar-refractivity contribution in [3.63, 3.8) is 0 Å². The Bertz CT molecular complexity index is 1120. The zero-order valence-electron chi connectivity index (χ0n) is 17.9. The van der Waals surface area contributed by atoms with Crippen molar-refractivity contribution < 1.29 is 23.6 Å². The SMILES string of the molecule is COc1ccc(-c2noc(CCC(=O)Nc3cccc(C(=O)NC4CC4)c3)n2)cc1OC. The van der Waals surface area contributed by atoms with Gasteiger partial charge in [-0.1, -0.05) is 11.2 Å². The van der Waals surface area contributed by atoms with Crippen LogP contribution < -0.4 is 20.1 Å². The molecule has 2 amide bonds. The normalized spacial score (nSPS) is 12.8. The lowest BCUT2D eigenvalue weighted by Crippen LogP contribution is -2.25. The third kappa shape index (κ3) is 5.23. The van der Waals surface area contributed by atoms with Crippen LogP contribution in [0, 0.1) is 0 Å². The number of nitrogens with zero attached hydrogens (tertiary/aromatic N) is 2. The van der Waals surface area contributed by atoms with Crippen LogP contribution in [0.25, 0.3) is 11.4 Å². The molecule has 2 N–H and O–H groups in total. The molecule has 166 valence electrons. The molecule has 0 radical (unpaired) electrons. The zero-order chi connectivity index (χ0) is 22.5. The summed E-state index contributed by atoms with van der Waals surface area (Å²) in [6, 6.07) is 12.5. The highest BCUT2D eigenvalue weighted by molar-refractivity contribution is 5.97. The first-order valence-corrected chi connectivity index (χ1v) is 10.3. The maximum absolute atomic E-state index is 12.4. The third-order valence-corrected chi connectivity index (χ3v) is 5.00. The van der Waals surface area contributed by atoms with Gasteiger partial charge in [-0.3, -0.25) is 9.59 Å². The van der Waals surface area contributed by atoms with Gasteiger partial charge in [-0.15, -0.1) is 0 Å². The Kier molecular flexibility index (Phi) is 6.34. The fourth-order valence-corrected chi connectivity index (χ4v) is 3.13. The van der Waals surface area contributed by atoms with Crippen LogP contribution in [0.5, 0.6) is 11.5 Å². The summed E-state index contributed by atoms with van der Waals surface area (Å²) in [7, 11) is 3.12. The van der Waals surface area contributed by atoms with Crippen molar-refractivity contribution in [3.8, 4) is 22.9 Å². The number of rotatable bonds is 9. The molecule has 32 heavy (non-hydrogen) atoms. The highest BCUT2D eigenvalue weighted by atomic mass is 16.5. The number of aryl methyl sites for hydroxylation is 1. The number of aromatic nitrogens is 2. The summed E-state index contributed by atoms with van der Waals surface area (Å²) < 4.78 is 15.8. The largest absolute Gasteiger partial charge is 0.493 e. The molecule has 1 fully saturated rings. The first-order valence-electron chi connectivity index (χ1n) is 10.3. The molecular weight excluding hydrogens is 412 g/mol. The second-order valence-electron chi connectivity index (χ2n) is 7.46. The van der Waals surface area contributed by atoms with Crippen LogP contribution in [-0.4, -0.2) is 42.2 Å². The first kappa shape index (κ1) is 21.4. The molecule has 1 aromatic heterocycles. The number of anilines is 1. The van der Waals surface area contributed by atoms with Crippen molar-refractivity contribution >= 4 is 17.5 Å². The molecule has 3 aromatic rings. The standard InChI is InChI=1S/C23H24N4O5/c1-30-18-9-6-14(13-19(18)31-2)22-26-21(32-27-22)11-10-20(28)24-17-5-3-4-15(12-17)23(29)25-16-7-8-16/h3-6,9,12-13,16H,7-8,10-11H2,1-2H3,(H,24,28)(H,25,29). The van der Waals surface area contributed by atoms with Gasteiger partial charge < -0.3 is 24.6 Å². The zero-order valence-corrected chi connectivity index (χ0v) is 17.9. The quantitative estimate of drug-likeness (QED) is 0.529. The van der Waals surface area contributed by atoms with E-state index in [1.165, 1.54) is 0 Å². The topological polar surface area (TPSA) is 116 Å². The second kappa shape index (κ2) is 9.51. The van der Waals surface area contributed by atoms with E-state index < -0.39 is 0 Å². The van der Waals surface area contributed by atoms with Crippen LogP contribution in [0.15, 0.2) is 47.0 Å². The highest BCUT2D eigenvalue weighted by Gasteiger charge is 2.23. The number of amides is 2. The van der Waals surface area contributed by atoms with Gasteiger partial charge in [-0.2, -0.15) is 4.98 Å². The van der Waals surface area contributed by atoms with Crippen LogP contribution in [0.2, 0.25) is 0 Å². The maximum Gasteiger partial charge on any atom is 0.251 e. The number of carbonyl (C=O) groups excluding carboxylic acids is 2. The van der Waals surface area contributed by atoms with Crippen molar-refractivity contribution in [2.75, 3.05) is 19.5 Å². The smallest absolute Gasteiger partial charge is 0.251 e. The van der Waals surface area contributed by atoms with Crippen LogP contribution in [0.1, 0.15) is 35.5 Å². The molecule has 9 nitrogen and oxygen atoms in total. The maximum atomic E-state index is 12.4. The van der Waals surface area contributed by atoms with Gasteiger partial charge in [-0.25, -0.2) is 0 Å². The minimum absolute atomic E-state index is 0.128. The highest BCUT2D eigenvalue weighted by Crippen LogP contribution is 2.31. The summed E-state index contributed by atoms with van der Waals surface area (Å²) in [5.74, 6) is 1.57. The summed E-state index contributed by atoms with van der Waals surface area (Å²) in [5, 5.41) is 9.72. The summed E-state index contributed by atoms with van der Waals surface area (Å²) in [6.07, 6.45) is 2.48. The van der Waals surface area contributed by atoms with Crippen LogP contribution >= 0.6 is 0 Å². The lowest BCUT2D eigenvalue weighted by molar-refractivity contribution is -0.116. The van der Waals surface area contributed by atoms with Crippen LogP contribution in [0.4, 0.5) is 5.69 Å². The van der Waals surface area contributed by atoms with Crippen molar-refractivity contribution in [1.29, 1.82) is 0 Å². The summed E-state index contributed by atoms with van der Waals surface area (Å²) in [4.78, 5) is 28.9. The molecule has 1 saturated carbocycles. The lowest BCUT2D eigenvalue weighted by Gasteiger charge is -2.07. The van der Waals surface area contributed by atoms with E-state index in [1.54, 1.807) is 56.7 Å². The average molecular weight is 436 g/mol. The molecule has 0 spiro atoms. The van der Waals surface area contributed by atoms with E-state index in [1.807, 2.05) is 0 Å². The number of benzene rings is 2. The molecular formula is C23H24N4O5. The monoisotopic (exact) mass is 436 g/mol. The Morgan fingerprint density at radius 3 is 2.66 bits per heavy atom. The minimum Gasteiger partial charge on any atom is -0.493 e. The van der Waals surface area contributed by atoms with E-state index in [9.17, 15) is 9.59 Å². The van der Waals surface area contributed by atoms with Gasteiger partial charge >= 0.3 is 0 Å². The molecule has 0 unspecified atom stereocenters. The number of carbonyl (C=O) groups is 2. The molecule has 0 saturated heterocycles. The average Bonchev–Trinajstić information content (AvgIpc) is 3.50. The fourth-order valence-electron chi connectivity index (χ4n) is 3.13. The number of hydrogen-bond acceptors (Lipinski definition) is 7. The minimum atomic E-state index is -0.212. The Hall–Kier alpha value is -3.88. The van der Waals surface area contributed by atoms with Crippen molar-refractivity contribution in [1.82, 2.24) is 15.5 Å². The molecule has 0 atom stereocenters. The molecule has 1 heterocycles. The Morgan fingerprint density at radius 1 is 1.09 bits per heavy atom. The summed E-state index contributed by atoms with van der Waals surface area (Å²) in [6.45, 7) is 0. The first-order chi connectivity index (χ1) is 15.6. The number of methoxy groups -OCH3 is 2. The molecule has 4 rings (SSSR count). The Morgan fingerprint density at radius 2 is 1.91 bits per heavy atom. The van der Waals surface area contributed by atoms with E-state index >= 15 is 0 Å².